The van der Waals surface area contributed by atoms with E-state index >= 15 is 0 Å². The minimum absolute atomic E-state index is 0.0978. The summed E-state index contributed by atoms with van der Waals surface area (Å²) < 4.78 is -0.0978. The minimum atomic E-state index is -0.0978. The highest BCUT2D eigenvalue weighted by Gasteiger charge is 2.23. The van der Waals surface area contributed by atoms with Gasteiger partial charge in [-0.3, -0.25) is 0 Å². The van der Waals surface area contributed by atoms with Crippen molar-refractivity contribution in [3.8, 4) is 0 Å². The van der Waals surface area contributed by atoms with Crippen LogP contribution in [0.25, 0.3) is 0 Å². The summed E-state index contributed by atoms with van der Waals surface area (Å²) >= 11 is 11.3. The van der Waals surface area contributed by atoms with Crippen LogP contribution >= 0.6 is 46.9 Å². The lowest BCUT2D eigenvalue weighted by Gasteiger charge is -2.20. The van der Waals surface area contributed by atoms with Crippen LogP contribution in [0.3, 0.4) is 0 Å². The zero-order valence-corrected chi connectivity index (χ0v) is 9.02. The zero-order valence-electron chi connectivity index (χ0n) is 5.81. The quantitative estimate of drug-likeness (QED) is 0.508. The first-order valence-electron chi connectivity index (χ1n) is 2.46. The molecule has 4 heteroatoms. The maximum Gasteiger partial charge on any atom is 0.144 e. The van der Waals surface area contributed by atoms with Crippen LogP contribution < -0.4 is 0 Å². The van der Waals surface area contributed by atoms with Gasteiger partial charge in [0.05, 0.1) is 0 Å². The average Bonchev–Trinajstić information content (AvgIpc) is 1.89. The van der Waals surface area contributed by atoms with E-state index in [1.807, 2.05) is 12.5 Å². The van der Waals surface area contributed by atoms with Gasteiger partial charge >= 0.3 is 0 Å². The van der Waals surface area contributed by atoms with Crippen LogP contribution in [0.15, 0.2) is 0 Å². The lowest BCUT2D eigenvalue weighted by Crippen LogP contribution is -2.12. The molecule has 0 N–H and O–H groups in total. The molecule has 0 aliphatic carbocycles. The predicted molar refractivity (Wildman–Crippen MR) is 54.0 cm³/mol. The maximum absolute atomic E-state index is 6.11. The van der Waals surface area contributed by atoms with Gasteiger partial charge in [-0.25, -0.2) is 0 Å². The van der Waals surface area contributed by atoms with Crippen molar-refractivity contribution in [1.29, 1.82) is 0 Å². The topological polar surface area (TPSA) is 0 Å². The van der Waals surface area contributed by atoms with Crippen LogP contribution in [0.5, 0.6) is 0 Å². The first-order valence-corrected chi connectivity index (χ1v) is 6.69. The number of thioether (sulfide) groups is 3. The molecule has 0 aromatic heterocycles. The van der Waals surface area contributed by atoms with Gasteiger partial charge < -0.3 is 0 Å². The van der Waals surface area contributed by atoms with Gasteiger partial charge in [-0.05, 0) is 18.8 Å². The van der Waals surface area contributed by atoms with Crippen molar-refractivity contribution in [2.24, 2.45) is 0 Å². The largest absolute Gasteiger partial charge is 0.162 e. The Morgan fingerprint density at radius 3 is 1.78 bits per heavy atom. The molecule has 0 rings (SSSR count). The van der Waals surface area contributed by atoms with E-state index in [9.17, 15) is 0 Å². The first kappa shape index (κ1) is 10.3. The van der Waals surface area contributed by atoms with Crippen molar-refractivity contribution in [3.63, 3.8) is 0 Å². The molecule has 0 amide bonds. The van der Waals surface area contributed by atoms with Crippen molar-refractivity contribution in [2.45, 2.75) is 3.54 Å². The normalized spacial score (nSPS) is 12.0. The van der Waals surface area contributed by atoms with E-state index < -0.39 is 0 Å². The lowest BCUT2D eigenvalue weighted by molar-refractivity contribution is 1.34. The molecule has 0 heterocycles. The summed E-state index contributed by atoms with van der Waals surface area (Å²) in [6, 6.07) is 0. The fraction of sp³-hybridized carbons (Fsp3) is 1.00. The van der Waals surface area contributed by atoms with E-state index in [2.05, 4.69) is 6.26 Å². The molecule has 0 radical (unpaired) electrons. The molecule has 0 unspecified atom stereocenters. The van der Waals surface area contributed by atoms with Crippen molar-refractivity contribution >= 4 is 46.9 Å². The Labute approximate surface area is 74.9 Å². The van der Waals surface area contributed by atoms with Crippen LogP contribution in [0.2, 0.25) is 0 Å². The summed E-state index contributed by atoms with van der Waals surface area (Å²) in [5.74, 6) is 0.997. The Morgan fingerprint density at radius 1 is 1.22 bits per heavy atom. The molecular formula is C5H11ClS3. The summed E-state index contributed by atoms with van der Waals surface area (Å²) in [5, 5.41) is 0. The Kier molecular flexibility index (Phi) is 5.80. The second-order valence-corrected chi connectivity index (χ2v) is 5.93. The summed E-state index contributed by atoms with van der Waals surface area (Å²) in [6.45, 7) is 0. The summed E-state index contributed by atoms with van der Waals surface area (Å²) in [4.78, 5) is 0. The number of halogens is 1. The molecule has 56 valence electrons. The lowest BCUT2D eigenvalue weighted by atomic mass is 10.9. The van der Waals surface area contributed by atoms with Gasteiger partial charge in [0.1, 0.15) is 3.54 Å². The molecular weight excluding hydrogens is 192 g/mol. The SMILES string of the molecule is CSCC(Cl)(SC)SC. The Morgan fingerprint density at radius 2 is 1.67 bits per heavy atom. The van der Waals surface area contributed by atoms with E-state index in [4.69, 9.17) is 11.6 Å². The molecule has 0 spiro atoms. The molecule has 0 nitrogen and oxygen atoms in total. The number of hydrogen-bond acceptors (Lipinski definition) is 3. The molecule has 0 aliphatic heterocycles. The smallest absolute Gasteiger partial charge is 0.144 e. The number of hydrogen-bond donors (Lipinski definition) is 0. The highest BCUT2D eigenvalue weighted by Crippen LogP contribution is 2.40. The van der Waals surface area contributed by atoms with E-state index in [0.29, 0.717) is 0 Å². The molecule has 0 bridgehead atoms. The second-order valence-electron chi connectivity index (χ2n) is 1.50. The minimum Gasteiger partial charge on any atom is -0.162 e. The molecule has 0 aliphatic rings. The molecule has 0 aromatic rings. The molecule has 0 saturated carbocycles. The van der Waals surface area contributed by atoms with Gasteiger partial charge in [0.25, 0.3) is 0 Å². The fourth-order valence-corrected chi connectivity index (χ4v) is 3.36. The van der Waals surface area contributed by atoms with Crippen molar-refractivity contribution < 1.29 is 0 Å². The van der Waals surface area contributed by atoms with E-state index in [0.717, 1.165) is 5.75 Å². The highest BCUT2D eigenvalue weighted by atomic mass is 35.5. The standard InChI is InChI=1S/C5H11ClS3/c1-7-4-5(6,8-2)9-3/h4H2,1-3H3. The maximum atomic E-state index is 6.11. The number of alkyl halides is 1. The Hall–Kier alpha value is 1.34. The average molecular weight is 203 g/mol. The van der Waals surface area contributed by atoms with Crippen LogP contribution in [-0.4, -0.2) is 28.1 Å². The van der Waals surface area contributed by atoms with Crippen molar-refractivity contribution in [1.82, 2.24) is 0 Å². The van der Waals surface area contributed by atoms with E-state index in [1.165, 1.54) is 0 Å². The third-order valence-corrected chi connectivity index (χ3v) is 5.74. The van der Waals surface area contributed by atoms with Gasteiger partial charge in [0.2, 0.25) is 0 Å². The number of rotatable bonds is 4. The summed E-state index contributed by atoms with van der Waals surface area (Å²) in [5.41, 5.74) is 0. The van der Waals surface area contributed by atoms with Crippen LogP contribution in [-0.2, 0) is 0 Å². The summed E-state index contributed by atoms with van der Waals surface area (Å²) in [6.07, 6.45) is 6.16. The van der Waals surface area contributed by atoms with Gasteiger partial charge in [-0.2, -0.15) is 11.8 Å². The molecule has 0 atom stereocenters. The van der Waals surface area contributed by atoms with E-state index in [1.54, 1.807) is 35.3 Å². The molecule has 0 fully saturated rings. The third kappa shape index (κ3) is 3.91. The van der Waals surface area contributed by atoms with Gasteiger partial charge in [-0.15, -0.1) is 23.5 Å². The fourth-order valence-electron chi connectivity index (χ4n) is 0.374. The predicted octanol–water partition coefficient (Wildman–Crippen LogP) is 2.97. The third-order valence-electron chi connectivity index (χ3n) is 0.926. The summed E-state index contributed by atoms with van der Waals surface area (Å²) in [7, 11) is 0. The van der Waals surface area contributed by atoms with E-state index in [-0.39, 0.29) is 3.54 Å². The van der Waals surface area contributed by atoms with Gasteiger partial charge in [0, 0.05) is 5.75 Å². The molecule has 0 saturated heterocycles. The second kappa shape index (κ2) is 5.05. The highest BCUT2D eigenvalue weighted by molar-refractivity contribution is 8.20. The molecule has 9 heavy (non-hydrogen) atoms. The Bertz CT molecular complexity index is 72.6. The van der Waals surface area contributed by atoms with Crippen LogP contribution in [0.4, 0.5) is 0 Å². The Balaban J connectivity index is 3.62. The molecule has 0 aromatic carbocycles. The van der Waals surface area contributed by atoms with Crippen molar-refractivity contribution in [2.75, 3.05) is 24.5 Å². The van der Waals surface area contributed by atoms with Crippen LogP contribution in [0.1, 0.15) is 0 Å². The van der Waals surface area contributed by atoms with Crippen molar-refractivity contribution in [3.05, 3.63) is 0 Å². The first-order chi connectivity index (χ1) is 4.18. The zero-order chi connectivity index (χ0) is 7.33. The monoisotopic (exact) mass is 202 g/mol. The van der Waals surface area contributed by atoms with Gasteiger partial charge in [-0.1, -0.05) is 11.6 Å². The van der Waals surface area contributed by atoms with Gasteiger partial charge in [0.15, 0.2) is 0 Å². The van der Waals surface area contributed by atoms with Crippen LogP contribution in [0, 0.1) is 0 Å².